The number of carbonyl (C=O) groups excluding carboxylic acids is 1. The van der Waals surface area contributed by atoms with Crippen LogP contribution in [0.1, 0.15) is 6.42 Å². The van der Waals surface area contributed by atoms with Crippen LogP contribution < -0.4 is 9.62 Å². The van der Waals surface area contributed by atoms with Crippen LogP contribution in [0.25, 0.3) is 0 Å². The van der Waals surface area contributed by atoms with E-state index in [1.165, 1.54) is 0 Å². The van der Waals surface area contributed by atoms with Gasteiger partial charge in [0, 0.05) is 18.7 Å². The molecule has 1 amide bonds. The number of anilines is 2. The highest BCUT2D eigenvalue weighted by atomic mass is 32.2. The van der Waals surface area contributed by atoms with E-state index >= 15 is 0 Å². The van der Waals surface area contributed by atoms with Crippen LogP contribution in [-0.4, -0.2) is 27.1 Å². The van der Waals surface area contributed by atoms with E-state index in [4.69, 9.17) is 0 Å². The standard InChI is InChI=1S/C16H16F2N2O3S/c1-24(22,23)20(16-13(17)8-5-9-14(16)18)11-10-15(21)19-12-6-3-2-4-7-12/h2-9H,10-11H2,1H3,(H,19,21). The molecule has 8 heteroatoms. The number of halogens is 2. The number of benzene rings is 2. The van der Waals surface area contributed by atoms with Crippen molar-refractivity contribution in [3.05, 3.63) is 60.2 Å². The zero-order valence-corrected chi connectivity index (χ0v) is 13.7. The highest BCUT2D eigenvalue weighted by molar-refractivity contribution is 7.92. The van der Waals surface area contributed by atoms with E-state index in [1.54, 1.807) is 30.3 Å². The van der Waals surface area contributed by atoms with Crippen molar-refractivity contribution >= 4 is 27.3 Å². The van der Waals surface area contributed by atoms with Crippen molar-refractivity contribution in [3.63, 3.8) is 0 Å². The van der Waals surface area contributed by atoms with Gasteiger partial charge in [-0.25, -0.2) is 17.2 Å². The summed E-state index contributed by atoms with van der Waals surface area (Å²) in [5.41, 5.74) is -0.141. The minimum absolute atomic E-state index is 0.254. The van der Waals surface area contributed by atoms with E-state index in [2.05, 4.69) is 5.32 Å². The van der Waals surface area contributed by atoms with Gasteiger partial charge in [0.1, 0.15) is 5.69 Å². The van der Waals surface area contributed by atoms with Crippen LogP contribution in [0.15, 0.2) is 48.5 Å². The molecule has 0 saturated carbocycles. The van der Waals surface area contributed by atoms with Crippen LogP contribution in [0.5, 0.6) is 0 Å². The molecule has 5 nitrogen and oxygen atoms in total. The summed E-state index contributed by atoms with van der Waals surface area (Å²) < 4.78 is 52.0. The Bertz CT molecular complexity index is 806. The Morgan fingerprint density at radius 1 is 1.04 bits per heavy atom. The number of hydrogen-bond acceptors (Lipinski definition) is 3. The van der Waals surface area contributed by atoms with Crippen molar-refractivity contribution in [2.75, 3.05) is 22.4 Å². The van der Waals surface area contributed by atoms with Crippen LogP contribution in [-0.2, 0) is 14.8 Å². The Morgan fingerprint density at radius 3 is 2.17 bits per heavy atom. The van der Waals surface area contributed by atoms with Gasteiger partial charge in [-0.05, 0) is 24.3 Å². The molecule has 0 radical (unpaired) electrons. The van der Waals surface area contributed by atoms with Crippen LogP contribution in [0.2, 0.25) is 0 Å². The molecule has 0 saturated heterocycles. The molecule has 2 aromatic rings. The van der Waals surface area contributed by atoms with Gasteiger partial charge >= 0.3 is 0 Å². The smallest absolute Gasteiger partial charge is 0.232 e. The van der Waals surface area contributed by atoms with Gasteiger partial charge in [-0.2, -0.15) is 0 Å². The fraction of sp³-hybridized carbons (Fsp3) is 0.188. The summed E-state index contributed by atoms with van der Waals surface area (Å²) in [6.45, 7) is -0.380. The second kappa shape index (κ2) is 7.39. The molecule has 0 aliphatic carbocycles. The van der Waals surface area contributed by atoms with Crippen molar-refractivity contribution in [1.29, 1.82) is 0 Å². The molecule has 2 aromatic carbocycles. The van der Waals surface area contributed by atoms with Crippen LogP contribution in [0, 0.1) is 11.6 Å². The molecule has 24 heavy (non-hydrogen) atoms. The maximum Gasteiger partial charge on any atom is 0.232 e. The van der Waals surface area contributed by atoms with Crippen LogP contribution in [0.3, 0.4) is 0 Å². The van der Waals surface area contributed by atoms with Crippen molar-refractivity contribution in [2.24, 2.45) is 0 Å². The lowest BCUT2D eigenvalue weighted by Crippen LogP contribution is -2.34. The minimum atomic E-state index is -3.96. The fourth-order valence-electron chi connectivity index (χ4n) is 2.12. The van der Waals surface area contributed by atoms with E-state index in [0.29, 0.717) is 9.99 Å². The highest BCUT2D eigenvalue weighted by Gasteiger charge is 2.24. The molecule has 0 heterocycles. The first-order valence-electron chi connectivity index (χ1n) is 7.05. The molecular formula is C16H16F2N2O3S. The summed E-state index contributed by atoms with van der Waals surface area (Å²) in [4.78, 5) is 11.9. The maximum atomic E-state index is 13.9. The molecule has 0 bridgehead atoms. The number of sulfonamides is 1. The Labute approximate surface area is 139 Å². The second-order valence-electron chi connectivity index (χ2n) is 5.07. The molecular weight excluding hydrogens is 338 g/mol. The van der Waals surface area contributed by atoms with Gasteiger partial charge in [0.05, 0.1) is 6.26 Å². The lowest BCUT2D eigenvalue weighted by molar-refractivity contribution is -0.116. The first-order chi connectivity index (χ1) is 11.3. The predicted molar refractivity (Wildman–Crippen MR) is 88.2 cm³/mol. The molecule has 0 aromatic heterocycles. The van der Waals surface area contributed by atoms with Crippen molar-refractivity contribution in [1.82, 2.24) is 0 Å². The average Bonchev–Trinajstić information content (AvgIpc) is 2.50. The summed E-state index contributed by atoms with van der Waals surface area (Å²) in [6.07, 6.45) is 0.573. The fourth-order valence-corrected chi connectivity index (χ4v) is 3.05. The van der Waals surface area contributed by atoms with Gasteiger partial charge in [-0.3, -0.25) is 9.10 Å². The second-order valence-corrected chi connectivity index (χ2v) is 6.98. The lowest BCUT2D eigenvalue weighted by atomic mass is 10.2. The van der Waals surface area contributed by atoms with Gasteiger partial charge in [0.2, 0.25) is 15.9 Å². The molecule has 0 atom stereocenters. The molecule has 0 spiro atoms. The highest BCUT2D eigenvalue weighted by Crippen LogP contribution is 2.25. The van der Waals surface area contributed by atoms with Crippen LogP contribution in [0.4, 0.5) is 20.2 Å². The van der Waals surface area contributed by atoms with E-state index < -0.39 is 33.3 Å². The number of nitrogens with one attached hydrogen (secondary N) is 1. The third-order valence-electron chi connectivity index (χ3n) is 3.19. The molecule has 0 unspecified atom stereocenters. The van der Waals surface area contributed by atoms with Gasteiger partial charge in [-0.1, -0.05) is 24.3 Å². The Balaban J connectivity index is 2.15. The third-order valence-corrected chi connectivity index (χ3v) is 4.35. The monoisotopic (exact) mass is 354 g/mol. The Kier molecular flexibility index (Phi) is 5.50. The molecule has 0 aliphatic heterocycles. The van der Waals surface area contributed by atoms with E-state index in [9.17, 15) is 22.0 Å². The van der Waals surface area contributed by atoms with Crippen molar-refractivity contribution in [2.45, 2.75) is 6.42 Å². The van der Waals surface area contributed by atoms with E-state index in [-0.39, 0.29) is 13.0 Å². The molecule has 0 aliphatic rings. The predicted octanol–water partition coefficient (Wildman–Crippen LogP) is 2.76. The van der Waals surface area contributed by atoms with E-state index in [0.717, 1.165) is 24.5 Å². The quantitative estimate of drug-likeness (QED) is 0.867. The zero-order valence-electron chi connectivity index (χ0n) is 12.9. The molecule has 1 N–H and O–H groups in total. The summed E-state index contributed by atoms with van der Waals surface area (Å²) in [6, 6.07) is 11.6. The number of hydrogen-bond donors (Lipinski definition) is 1. The average molecular weight is 354 g/mol. The topological polar surface area (TPSA) is 66.5 Å². The number of carbonyl (C=O) groups is 1. The van der Waals surface area contributed by atoms with Crippen LogP contribution >= 0.6 is 0 Å². The maximum absolute atomic E-state index is 13.9. The lowest BCUT2D eigenvalue weighted by Gasteiger charge is -2.23. The first kappa shape index (κ1) is 17.9. The number of rotatable bonds is 6. The Morgan fingerprint density at radius 2 is 1.62 bits per heavy atom. The van der Waals surface area contributed by atoms with Gasteiger partial charge in [-0.15, -0.1) is 0 Å². The summed E-state index contributed by atoms with van der Waals surface area (Å²) in [5.74, 6) is -2.49. The largest absolute Gasteiger partial charge is 0.326 e. The number of nitrogens with zero attached hydrogens (tertiary/aromatic N) is 1. The first-order valence-corrected chi connectivity index (χ1v) is 8.90. The third kappa shape index (κ3) is 4.51. The van der Waals surface area contributed by atoms with Gasteiger partial charge in [0.25, 0.3) is 0 Å². The van der Waals surface area contributed by atoms with Gasteiger partial charge < -0.3 is 5.32 Å². The summed E-state index contributed by atoms with van der Waals surface area (Å²) >= 11 is 0. The van der Waals surface area contributed by atoms with Crippen molar-refractivity contribution in [3.8, 4) is 0 Å². The normalized spacial score (nSPS) is 11.1. The number of amides is 1. The minimum Gasteiger partial charge on any atom is -0.326 e. The van der Waals surface area contributed by atoms with E-state index in [1.807, 2.05) is 0 Å². The summed E-state index contributed by atoms with van der Waals surface area (Å²) in [5, 5.41) is 2.58. The zero-order chi connectivity index (χ0) is 17.7. The van der Waals surface area contributed by atoms with Crippen molar-refractivity contribution < 1.29 is 22.0 Å². The SMILES string of the molecule is CS(=O)(=O)N(CCC(=O)Nc1ccccc1)c1c(F)cccc1F. The Hall–Kier alpha value is -2.48. The molecule has 2 rings (SSSR count). The molecule has 0 fully saturated rings. The number of para-hydroxylation sites is 2. The molecule has 128 valence electrons. The van der Waals surface area contributed by atoms with Gasteiger partial charge in [0.15, 0.2) is 11.6 Å². The summed E-state index contributed by atoms with van der Waals surface area (Å²) in [7, 11) is -3.96.